The van der Waals surface area contributed by atoms with Crippen molar-refractivity contribution >= 4 is 22.4 Å². The van der Waals surface area contributed by atoms with Gasteiger partial charge >= 0.3 is 0 Å². The number of para-hydroxylation sites is 1. The number of phenolic OH excluding ortho intramolecular Hbond substituents is 1. The number of nitro groups is 1. The number of fused-ring (bicyclic) bond motifs is 1. The molecule has 0 bridgehead atoms. The van der Waals surface area contributed by atoms with Gasteiger partial charge in [0, 0.05) is 29.6 Å². The Labute approximate surface area is 137 Å². The number of nitrogens with zero attached hydrogens (tertiary/aromatic N) is 2. The number of ether oxygens (including phenoxy) is 1. The molecule has 2 aromatic carbocycles. The number of benzene rings is 2. The van der Waals surface area contributed by atoms with E-state index in [2.05, 4.69) is 10.3 Å². The Hall–Kier alpha value is -3.35. The first kappa shape index (κ1) is 15.5. The van der Waals surface area contributed by atoms with Crippen LogP contribution in [-0.4, -0.2) is 22.1 Å². The number of phenols is 1. The van der Waals surface area contributed by atoms with Crippen molar-refractivity contribution in [3.05, 3.63) is 64.2 Å². The number of non-ortho nitro benzene ring substituents is 1. The number of rotatable bonds is 5. The maximum absolute atomic E-state index is 10.8. The zero-order chi connectivity index (χ0) is 17.1. The smallest absolute Gasteiger partial charge is 0.270 e. The van der Waals surface area contributed by atoms with Crippen LogP contribution in [-0.2, 0) is 6.54 Å². The third-order valence-corrected chi connectivity index (χ3v) is 3.65. The Morgan fingerprint density at radius 1 is 1.25 bits per heavy atom. The van der Waals surface area contributed by atoms with Crippen LogP contribution < -0.4 is 10.1 Å². The van der Waals surface area contributed by atoms with Gasteiger partial charge < -0.3 is 15.2 Å². The second kappa shape index (κ2) is 6.41. The standard InChI is InChI=1S/C17H15N3O4/c1-24-15-4-2-3-12(17(15)21)10-18-16-8-5-11-9-13(20(22)23)6-7-14(11)19-16/h2-9,21H,10H2,1H3,(H,18,19). The van der Waals surface area contributed by atoms with Crippen LogP contribution in [0.3, 0.4) is 0 Å². The molecule has 1 aromatic heterocycles. The molecule has 0 aliphatic heterocycles. The first-order valence-electron chi connectivity index (χ1n) is 7.22. The number of anilines is 1. The van der Waals surface area contributed by atoms with E-state index in [1.807, 2.05) is 0 Å². The van der Waals surface area contributed by atoms with E-state index in [0.29, 0.717) is 34.6 Å². The van der Waals surface area contributed by atoms with Crippen LogP contribution in [0.15, 0.2) is 48.5 Å². The number of pyridine rings is 1. The van der Waals surface area contributed by atoms with E-state index < -0.39 is 4.92 Å². The lowest BCUT2D eigenvalue weighted by Gasteiger charge is -2.10. The van der Waals surface area contributed by atoms with Crippen LogP contribution in [0.2, 0.25) is 0 Å². The van der Waals surface area contributed by atoms with Gasteiger partial charge in [0.2, 0.25) is 0 Å². The number of methoxy groups -OCH3 is 1. The molecule has 0 aliphatic rings. The van der Waals surface area contributed by atoms with E-state index >= 15 is 0 Å². The number of hydrogen-bond donors (Lipinski definition) is 2. The fourth-order valence-corrected chi connectivity index (χ4v) is 2.39. The fourth-order valence-electron chi connectivity index (χ4n) is 2.39. The predicted octanol–water partition coefficient (Wildman–Crippen LogP) is 3.47. The van der Waals surface area contributed by atoms with Gasteiger partial charge in [0.25, 0.3) is 5.69 Å². The minimum absolute atomic E-state index is 0.0336. The Bertz CT molecular complexity index is 911. The van der Waals surface area contributed by atoms with Crippen LogP contribution in [0.1, 0.15) is 5.56 Å². The van der Waals surface area contributed by atoms with Gasteiger partial charge in [0.1, 0.15) is 5.82 Å². The van der Waals surface area contributed by atoms with Crippen molar-refractivity contribution in [3.63, 3.8) is 0 Å². The van der Waals surface area contributed by atoms with E-state index in [0.717, 1.165) is 0 Å². The molecule has 3 aromatic rings. The van der Waals surface area contributed by atoms with Crippen molar-refractivity contribution in [2.45, 2.75) is 6.54 Å². The molecule has 0 fully saturated rings. The molecule has 7 nitrogen and oxygen atoms in total. The second-order valence-electron chi connectivity index (χ2n) is 5.15. The lowest BCUT2D eigenvalue weighted by molar-refractivity contribution is -0.384. The Morgan fingerprint density at radius 3 is 2.83 bits per heavy atom. The summed E-state index contributed by atoms with van der Waals surface area (Å²) < 4.78 is 5.08. The van der Waals surface area contributed by atoms with E-state index in [9.17, 15) is 15.2 Å². The molecular weight excluding hydrogens is 310 g/mol. The van der Waals surface area contributed by atoms with Gasteiger partial charge in [-0.3, -0.25) is 10.1 Å². The summed E-state index contributed by atoms with van der Waals surface area (Å²) in [7, 11) is 1.50. The van der Waals surface area contributed by atoms with Crippen LogP contribution in [0.25, 0.3) is 10.9 Å². The lowest BCUT2D eigenvalue weighted by atomic mass is 10.1. The van der Waals surface area contributed by atoms with Crippen LogP contribution in [0.5, 0.6) is 11.5 Å². The van der Waals surface area contributed by atoms with Gasteiger partial charge in [-0.05, 0) is 24.3 Å². The third-order valence-electron chi connectivity index (χ3n) is 3.65. The Morgan fingerprint density at radius 2 is 2.08 bits per heavy atom. The van der Waals surface area contributed by atoms with Crippen LogP contribution in [0, 0.1) is 10.1 Å². The van der Waals surface area contributed by atoms with E-state index in [1.165, 1.54) is 19.2 Å². The van der Waals surface area contributed by atoms with Gasteiger partial charge in [-0.15, -0.1) is 0 Å². The minimum Gasteiger partial charge on any atom is -0.504 e. The molecule has 0 aliphatic carbocycles. The highest BCUT2D eigenvalue weighted by molar-refractivity contribution is 5.82. The summed E-state index contributed by atoms with van der Waals surface area (Å²) in [6.07, 6.45) is 0. The molecule has 0 atom stereocenters. The first-order chi connectivity index (χ1) is 11.6. The van der Waals surface area contributed by atoms with Gasteiger partial charge in [-0.1, -0.05) is 12.1 Å². The summed E-state index contributed by atoms with van der Waals surface area (Å²) in [6.45, 7) is 0.370. The molecule has 3 rings (SSSR count). The normalized spacial score (nSPS) is 10.5. The average Bonchev–Trinajstić information content (AvgIpc) is 2.60. The zero-order valence-corrected chi connectivity index (χ0v) is 12.9. The van der Waals surface area contributed by atoms with Crippen molar-refractivity contribution in [1.29, 1.82) is 0 Å². The van der Waals surface area contributed by atoms with Gasteiger partial charge in [0.15, 0.2) is 11.5 Å². The maximum Gasteiger partial charge on any atom is 0.270 e. The number of hydrogen-bond acceptors (Lipinski definition) is 6. The lowest BCUT2D eigenvalue weighted by Crippen LogP contribution is -2.02. The monoisotopic (exact) mass is 325 g/mol. The summed E-state index contributed by atoms with van der Waals surface area (Å²) in [6, 6.07) is 13.3. The highest BCUT2D eigenvalue weighted by Gasteiger charge is 2.09. The van der Waals surface area contributed by atoms with E-state index in [-0.39, 0.29) is 11.4 Å². The Kier molecular flexibility index (Phi) is 4.15. The quantitative estimate of drug-likeness (QED) is 0.550. The van der Waals surface area contributed by atoms with Crippen molar-refractivity contribution in [2.24, 2.45) is 0 Å². The highest BCUT2D eigenvalue weighted by Crippen LogP contribution is 2.30. The molecule has 0 unspecified atom stereocenters. The molecule has 0 saturated heterocycles. The van der Waals surface area contributed by atoms with Crippen molar-refractivity contribution in [2.75, 3.05) is 12.4 Å². The van der Waals surface area contributed by atoms with Crippen LogP contribution >= 0.6 is 0 Å². The zero-order valence-electron chi connectivity index (χ0n) is 12.9. The second-order valence-corrected chi connectivity index (χ2v) is 5.15. The summed E-state index contributed by atoms with van der Waals surface area (Å²) in [4.78, 5) is 14.8. The Balaban J connectivity index is 1.81. The molecule has 1 heterocycles. The van der Waals surface area contributed by atoms with E-state index in [4.69, 9.17) is 4.74 Å². The molecule has 24 heavy (non-hydrogen) atoms. The molecule has 7 heteroatoms. The SMILES string of the molecule is COc1cccc(CNc2ccc3cc([N+](=O)[O-])ccc3n2)c1O. The summed E-state index contributed by atoms with van der Waals surface area (Å²) in [5.41, 5.74) is 1.37. The average molecular weight is 325 g/mol. The topological polar surface area (TPSA) is 97.5 Å². The summed E-state index contributed by atoms with van der Waals surface area (Å²) in [5, 5.41) is 24.7. The number of aromatic nitrogens is 1. The first-order valence-corrected chi connectivity index (χ1v) is 7.22. The maximum atomic E-state index is 10.8. The minimum atomic E-state index is -0.433. The summed E-state index contributed by atoms with van der Waals surface area (Å²) >= 11 is 0. The summed E-state index contributed by atoms with van der Waals surface area (Å²) in [5.74, 6) is 1.11. The van der Waals surface area contributed by atoms with Gasteiger partial charge in [-0.2, -0.15) is 0 Å². The largest absolute Gasteiger partial charge is 0.504 e. The molecule has 0 amide bonds. The van der Waals surface area contributed by atoms with Crippen molar-refractivity contribution < 1.29 is 14.8 Å². The fraction of sp³-hybridized carbons (Fsp3) is 0.118. The molecule has 0 spiro atoms. The molecule has 0 saturated carbocycles. The number of aromatic hydroxyl groups is 1. The van der Waals surface area contributed by atoms with Gasteiger partial charge in [-0.25, -0.2) is 4.98 Å². The molecular formula is C17H15N3O4. The number of nitro benzene ring substituents is 1. The van der Waals surface area contributed by atoms with Gasteiger partial charge in [0.05, 0.1) is 17.5 Å². The van der Waals surface area contributed by atoms with Crippen molar-refractivity contribution in [3.8, 4) is 11.5 Å². The molecule has 0 radical (unpaired) electrons. The van der Waals surface area contributed by atoms with Crippen molar-refractivity contribution in [1.82, 2.24) is 4.98 Å². The predicted molar refractivity (Wildman–Crippen MR) is 90.4 cm³/mol. The third kappa shape index (κ3) is 3.05. The number of nitrogens with one attached hydrogen (secondary N) is 1. The highest BCUT2D eigenvalue weighted by atomic mass is 16.6. The van der Waals surface area contributed by atoms with Crippen LogP contribution in [0.4, 0.5) is 11.5 Å². The van der Waals surface area contributed by atoms with E-state index in [1.54, 1.807) is 36.4 Å². The molecule has 122 valence electrons. The molecule has 2 N–H and O–H groups in total.